The Hall–Kier alpha value is -1.92. The second kappa shape index (κ2) is 4.32. The molecule has 0 aliphatic rings. The largest absolute Gasteiger partial charge is 0.431 e. The molecule has 1 N–H and O–H groups in total. The third kappa shape index (κ3) is 2.91. The Bertz CT molecular complexity index is 617. The summed E-state index contributed by atoms with van der Waals surface area (Å²) in [6.45, 7) is 0. The molecule has 1 heterocycles. The highest BCUT2D eigenvalue weighted by molar-refractivity contribution is 5.90. The quantitative estimate of drug-likeness (QED) is 0.724. The van der Waals surface area contributed by atoms with Crippen LogP contribution < -0.4 is 0 Å². The van der Waals surface area contributed by atoms with Crippen molar-refractivity contribution in [1.29, 1.82) is 0 Å². The van der Waals surface area contributed by atoms with Crippen molar-refractivity contribution in [2.45, 2.75) is 12.4 Å². The lowest BCUT2D eigenvalue weighted by atomic mass is 10.1. The van der Waals surface area contributed by atoms with Gasteiger partial charge in [-0.05, 0) is 12.1 Å². The molecule has 0 spiro atoms. The van der Waals surface area contributed by atoms with Gasteiger partial charge in [0.1, 0.15) is 5.69 Å². The van der Waals surface area contributed by atoms with Crippen LogP contribution in [0.25, 0.3) is 17.0 Å². The molecule has 0 saturated heterocycles. The minimum absolute atomic E-state index is 0.0929. The molecule has 0 atom stereocenters. The molecule has 0 aliphatic carbocycles. The molecule has 7 heteroatoms. The number of para-hydroxylation sites is 1. The normalized spacial score (nSPS) is 13.6. The first-order chi connectivity index (χ1) is 8.68. The monoisotopic (exact) mass is 279 g/mol. The predicted octanol–water partition coefficient (Wildman–Crippen LogP) is 4.76. The fourth-order valence-corrected chi connectivity index (χ4v) is 1.74. The number of benzene rings is 1. The first-order valence-corrected chi connectivity index (χ1v) is 5.12. The Morgan fingerprint density at radius 3 is 2.16 bits per heavy atom. The number of aromatic amines is 1. The van der Waals surface area contributed by atoms with E-state index in [2.05, 4.69) is 4.98 Å². The highest BCUT2D eigenvalue weighted by Crippen LogP contribution is 2.36. The summed E-state index contributed by atoms with van der Waals surface area (Å²) in [5.41, 5.74) is -1.56. The first kappa shape index (κ1) is 13.5. The standard InChI is InChI=1S/C12H7F6N/c13-11(14,15)6-5-8-7-3-1-2-4-9(7)19-10(8)12(16,17)18/h1-6,19H/b6-5+. The lowest BCUT2D eigenvalue weighted by molar-refractivity contribution is -0.140. The second-order valence-corrected chi connectivity index (χ2v) is 3.83. The summed E-state index contributed by atoms with van der Waals surface area (Å²) in [5.74, 6) is 0. The molecule has 0 radical (unpaired) electrons. The SMILES string of the molecule is FC(F)(F)/C=C/c1c(C(F)(F)F)[nH]c2ccccc12. The van der Waals surface area contributed by atoms with Crippen molar-refractivity contribution in [2.75, 3.05) is 0 Å². The zero-order chi connectivity index (χ0) is 14.3. The van der Waals surface area contributed by atoms with Gasteiger partial charge in [-0.25, -0.2) is 0 Å². The number of aromatic nitrogens is 1. The summed E-state index contributed by atoms with van der Waals surface area (Å²) in [7, 11) is 0. The van der Waals surface area contributed by atoms with Crippen LogP contribution in [0.4, 0.5) is 26.3 Å². The third-order valence-corrected chi connectivity index (χ3v) is 2.47. The Labute approximate surface area is 103 Å². The molecule has 2 rings (SSSR count). The average Bonchev–Trinajstić information content (AvgIpc) is 2.63. The molecule has 2 aromatic rings. The van der Waals surface area contributed by atoms with E-state index >= 15 is 0 Å². The van der Waals surface area contributed by atoms with Gasteiger partial charge in [0, 0.05) is 22.5 Å². The van der Waals surface area contributed by atoms with E-state index in [1.807, 2.05) is 0 Å². The van der Waals surface area contributed by atoms with Gasteiger partial charge in [-0.3, -0.25) is 0 Å². The molecular formula is C12H7F6N. The fourth-order valence-electron chi connectivity index (χ4n) is 1.74. The second-order valence-electron chi connectivity index (χ2n) is 3.83. The van der Waals surface area contributed by atoms with Gasteiger partial charge in [0.2, 0.25) is 0 Å². The number of hydrogen-bond acceptors (Lipinski definition) is 0. The van der Waals surface area contributed by atoms with Gasteiger partial charge in [0.25, 0.3) is 0 Å². The summed E-state index contributed by atoms with van der Waals surface area (Å²) in [6, 6.07) is 5.66. The number of halogens is 6. The van der Waals surface area contributed by atoms with Crippen LogP contribution in [0.1, 0.15) is 11.3 Å². The molecule has 0 bridgehead atoms. The fraction of sp³-hybridized carbons (Fsp3) is 0.167. The van der Waals surface area contributed by atoms with E-state index in [1.165, 1.54) is 24.3 Å². The first-order valence-electron chi connectivity index (χ1n) is 5.12. The van der Waals surface area contributed by atoms with Crippen molar-refractivity contribution in [3.05, 3.63) is 41.6 Å². The third-order valence-electron chi connectivity index (χ3n) is 2.47. The minimum atomic E-state index is -4.75. The zero-order valence-corrected chi connectivity index (χ0v) is 9.23. The van der Waals surface area contributed by atoms with Gasteiger partial charge >= 0.3 is 12.4 Å². The molecular weight excluding hydrogens is 272 g/mol. The van der Waals surface area contributed by atoms with Crippen LogP contribution in [0.3, 0.4) is 0 Å². The van der Waals surface area contributed by atoms with Crippen molar-refractivity contribution >= 4 is 17.0 Å². The average molecular weight is 279 g/mol. The van der Waals surface area contributed by atoms with E-state index in [0.717, 1.165) is 0 Å². The number of nitrogens with one attached hydrogen (secondary N) is 1. The highest BCUT2D eigenvalue weighted by atomic mass is 19.4. The molecule has 102 valence electrons. The van der Waals surface area contributed by atoms with Crippen LogP contribution in [0.5, 0.6) is 0 Å². The summed E-state index contributed by atoms with van der Waals surface area (Å²) >= 11 is 0. The van der Waals surface area contributed by atoms with Crippen molar-refractivity contribution in [3.8, 4) is 0 Å². The van der Waals surface area contributed by atoms with Crippen molar-refractivity contribution < 1.29 is 26.3 Å². The molecule has 1 aromatic carbocycles. The molecule has 0 aliphatic heterocycles. The molecule has 0 fully saturated rings. The lowest BCUT2D eigenvalue weighted by Crippen LogP contribution is -2.07. The molecule has 0 amide bonds. The Morgan fingerprint density at radius 2 is 1.58 bits per heavy atom. The lowest BCUT2D eigenvalue weighted by Gasteiger charge is -2.05. The summed E-state index contributed by atoms with van der Waals surface area (Å²) in [5, 5.41) is 0.0929. The molecule has 1 aromatic heterocycles. The van der Waals surface area contributed by atoms with E-state index in [4.69, 9.17) is 0 Å². The summed E-state index contributed by atoms with van der Waals surface area (Å²) in [4.78, 5) is 2.10. The Balaban J connectivity index is 2.65. The van der Waals surface area contributed by atoms with Crippen molar-refractivity contribution in [2.24, 2.45) is 0 Å². The Morgan fingerprint density at radius 1 is 0.947 bits per heavy atom. The number of alkyl halides is 6. The van der Waals surface area contributed by atoms with Gasteiger partial charge in [-0.15, -0.1) is 0 Å². The minimum Gasteiger partial charge on any atom is -0.350 e. The number of H-pyrrole nitrogens is 1. The van der Waals surface area contributed by atoms with Gasteiger partial charge in [-0.2, -0.15) is 26.3 Å². The van der Waals surface area contributed by atoms with E-state index in [9.17, 15) is 26.3 Å². The summed E-state index contributed by atoms with van der Waals surface area (Å²) < 4.78 is 74.6. The molecule has 0 unspecified atom stereocenters. The van der Waals surface area contributed by atoms with Crippen LogP contribution in [-0.2, 0) is 6.18 Å². The number of hydrogen-bond donors (Lipinski definition) is 1. The zero-order valence-electron chi connectivity index (χ0n) is 9.23. The molecule has 0 saturated carbocycles. The van der Waals surface area contributed by atoms with Crippen molar-refractivity contribution in [3.63, 3.8) is 0 Å². The maximum absolute atomic E-state index is 12.8. The van der Waals surface area contributed by atoms with Crippen LogP contribution >= 0.6 is 0 Å². The van der Waals surface area contributed by atoms with Gasteiger partial charge in [0.05, 0.1) is 0 Å². The van der Waals surface area contributed by atoms with E-state index < -0.39 is 23.6 Å². The topological polar surface area (TPSA) is 15.8 Å². The van der Waals surface area contributed by atoms with Crippen LogP contribution in [0.15, 0.2) is 30.3 Å². The Kier molecular flexibility index (Phi) is 3.07. The van der Waals surface area contributed by atoms with Crippen LogP contribution in [0, 0.1) is 0 Å². The van der Waals surface area contributed by atoms with Gasteiger partial charge in [-0.1, -0.05) is 18.2 Å². The van der Waals surface area contributed by atoms with Gasteiger partial charge in [0.15, 0.2) is 0 Å². The van der Waals surface area contributed by atoms with Crippen LogP contribution in [-0.4, -0.2) is 11.2 Å². The number of fused-ring (bicyclic) bond motifs is 1. The predicted molar refractivity (Wildman–Crippen MR) is 58.4 cm³/mol. The van der Waals surface area contributed by atoms with Gasteiger partial charge < -0.3 is 4.98 Å². The number of allylic oxidation sites excluding steroid dienone is 1. The van der Waals surface area contributed by atoms with E-state index in [0.29, 0.717) is 6.08 Å². The maximum atomic E-state index is 12.8. The number of rotatable bonds is 1. The molecule has 1 nitrogen and oxygen atoms in total. The van der Waals surface area contributed by atoms with E-state index in [-0.39, 0.29) is 17.0 Å². The van der Waals surface area contributed by atoms with Crippen LogP contribution in [0.2, 0.25) is 0 Å². The maximum Gasteiger partial charge on any atom is 0.431 e. The molecule has 19 heavy (non-hydrogen) atoms. The smallest absolute Gasteiger partial charge is 0.350 e. The van der Waals surface area contributed by atoms with E-state index in [1.54, 1.807) is 0 Å². The highest BCUT2D eigenvalue weighted by Gasteiger charge is 2.36. The van der Waals surface area contributed by atoms with Crippen molar-refractivity contribution in [1.82, 2.24) is 4.98 Å². The summed E-state index contributed by atoms with van der Waals surface area (Å²) in [6.07, 6.45) is -9.19.